The van der Waals surface area contributed by atoms with E-state index in [1.807, 2.05) is 12.1 Å². The van der Waals surface area contributed by atoms with Crippen LogP contribution in [-0.4, -0.2) is 14.5 Å². The van der Waals surface area contributed by atoms with Crippen LogP contribution in [0.3, 0.4) is 0 Å². The van der Waals surface area contributed by atoms with Gasteiger partial charge in [0.1, 0.15) is 0 Å². The first-order valence-corrected chi connectivity index (χ1v) is 21.3. The molecule has 2 aliphatic carbocycles. The zero-order chi connectivity index (χ0) is 40.8. The van der Waals surface area contributed by atoms with Gasteiger partial charge < -0.3 is 4.57 Å². The van der Waals surface area contributed by atoms with E-state index in [1.54, 1.807) is 0 Å². The van der Waals surface area contributed by atoms with Gasteiger partial charge in [0.05, 0.1) is 33.5 Å². The Morgan fingerprint density at radius 2 is 0.823 bits per heavy atom. The topological polar surface area (TPSA) is 30.7 Å². The molecule has 0 N–H and O–H groups in total. The Kier molecular flexibility index (Phi) is 7.52. The number of benzene rings is 9. The lowest BCUT2D eigenvalue weighted by molar-refractivity contribution is 0.794. The van der Waals surface area contributed by atoms with Crippen LogP contribution in [0.1, 0.15) is 22.3 Å². The fourth-order valence-electron chi connectivity index (χ4n) is 10.8. The van der Waals surface area contributed by atoms with E-state index in [-0.39, 0.29) is 0 Å². The molecule has 0 radical (unpaired) electrons. The summed E-state index contributed by atoms with van der Waals surface area (Å²) >= 11 is 0. The lowest BCUT2D eigenvalue weighted by atomic mass is 9.70. The van der Waals surface area contributed by atoms with E-state index in [0.29, 0.717) is 5.82 Å². The molecule has 3 nitrogen and oxygen atoms in total. The van der Waals surface area contributed by atoms with E-state index in [1.165, 1.54) is 66.3 Å². The number of para-hydroxylation sites is 2. The Morgan fingerprint density at radius 1 is 0.339 bits per heavy atom. The Morgan fingerprint density at radius 3 is 1.47 bits per heavy atom. The van der Waals surface area contributed by atoms with Crippen molar-refractivity contribution in [2.45, 2.75) is 5.41 Å². The molecular weight excluding hydrogens is 751 g/mol. The van der Waals surface area contributed by atoms with E-state index in [9.17, 15) is 0 Å². The van der Waals surface area contributed by atoms with Gasteiger partial charge in [0, 0.05) is 38.6 Å². The number of nitrogens with zero attached hydrogens (tertiary/aromatic N) is 3. The standard InChI is InChI=1S/C59H37N3/c1-3-19-38(20-4-1)52-37-53(39-21-5-2-6-22-39)61-58(60-52)46-28-8-7-23-40(46)43-26-12-17-33-54(43)62-55-34-18-13-27-44(55)45-35-36-51-56(57(45)62)47-29-11-16-32-50(47)59(51)48-30-14-9-24-41(48)42-25-10-15-31-49(42)59/h1-37H. The van der Waals surface area contributed by atoms with E-state index < -0.39 is 5.41 Å². The second kappa shape index (κ2) is 13.4. The van der Waals surface area contributed by atoms with Gasteiger partial charge in [-0.3, -0.25) is 0 Å². The van der Waals surface area contributed by atoms with Gasteiger partial charge >= 0.3 is 0 Å². The first-order valence-electron chi connectivity index (χ1n) is 21.3. The summed E-state index contributed by atoms with van der Waals surface area (Å²) in [5.41, 5.74) is 20.6. The molecule has 0 amide bonds. The summed E-state index contributed by atoms with van der Waals surface area (Å²) in [6, 6.07) is 81.3. The van der Waals surface area contributed by atoms with Crippen molar-refractivity contribution in [2.24, 2.45) is 0 Å². The van der Waals surface area contributed by atoms with Crippen molar-refractivity contribution in [2.75, 3.05) is 0 Å². The molecule has 0 saturated carbocycles. The minimum Gasteiger partial charge on any atom is -0.308 e. The molecule has 13 rings (SSSR count). The predicted molar refractivity (Wildman–Crippen MR) is 254 cm³/mol. The molecule has 2 aromatic heterocycles. The summed E-state index contributed by atoms with van der Waals surface area (Å²) in [6.07, 6.45) is 0. The van der Waals surface area contributed by atoms with Gasteiger partial charge in [0.2, 0.25) is 0 Å². The van der Waals surface area contributed by atoms with Crippen molar-refractivity contribution in [3.8, 4) is 73.0 Å². The number of aromatic nitrogens is 3. The van der Waals surface area contributed by atoms with Crippen LogP contribution in [0.25, 0.3) is 94.8 Å². The molecule has 62 heavy (non-hydrogen) atoms. The van der Waals surface area contributed by atoms with Crippen molar-refractivity contribution < 1.29 is 0 Å². The summed E-state index contributed by atoms with van der Waals surface area (Å²) in [6.45, 7) is 0. The van der Waals surface area contributed by atoms with Crippen LogP contribution in [0.2, 0.25) is 0 Å². The third-order valence-corrected chi connectivity index (χ3v) is 13.3. The highest BCUT2D eigenvalue weighted by Crippen LogP contribution is 2.64. The zero-order valence-corrected chi connectivity index (χ0v) is 33.7. The lowest BCUT2D eigenvalue weighted by Crippen LogP contribution is -2.25. The van der Waals surface area contributed by atoms with E-state index >= 15 is 0 Å². The molecule has 2 aliphatic rings. The van der Waals surface area contributed by atoms with Gasteiger partial charge in [0.15, 0.2) is 5.82 Å². The molecule has 0 unspecified atom stereocenters. The van der Waals surface area contributed by atoms with Crippen molar-refractivity contribution in [1.29, 1.82) is 0 Å². The highest BCUT2D eigenvalue weighted by atomic mass is 15.0. The lowest BCUT2D eigenvalue weighted by Gasteiger charge is -2.30. The maximum Gasteiger partial charge on any atom is 0.161 e. The van der Waals surface area contributed by atoms with Crippen LogP contribution in [0.4, 0.5) is 0 Å². The van der Waals surface area contributed by atoms with Gasteiger partial charge in [-0.1, -0.05) is 206 Å². The van der Waals surface area contributed by atoms with Crippen molar-refractivity contribution in [3.05, 3.63) is 247 Å². The van der Waals surface area contributed by atoms with Crippen molar-refractivity contribution in [3.63, 3.8) is 0 Å². The first kappa shape index (κ1) is 34.7. The summed E-state index contributed by atoms with van der Waals surface area (Å²) in [5, 5.41) is 2.46. The van der Waals surface area contributed by atoms with Gasteiger partial charge in [0.25, 0.3) is 0 Å². The van der Waals surface area contributed by atoms with Gasteiger partial charge in [-0.2, -0.15) is 0 Å². The van der Waals surface area contributed by atoms with Crippen LogP contribution >= 0.6 is 0 Å². The zero-order valence-electron chi connectivity index (χ0n) is 33.7. The molecule has 0 saturated heterocycles. The van der Waals surface area contributed by atoms with E-state index in [4.69, 9.17) is 9.97 Å². The molecule has 0 fully saturated rings. The fourth-order valence-corrected chi connectivity index (χ4v) is 10.8. The number of rotatable bonds is 5. The maximum atomic E-state index is 5.31. The monoisotopic (exact) mass is 787 g/mol. The highest BCUT2D eigenvalue weighted by Gasteiger charge is 2.52. The predicted octanol–water partition coefficient (Wildman–Crippen LogP) is 14.6. The van der Waals surface area contributed by atoms with E-state index in [2.05, 4.69) is 217 Å². The summed E-state index contributed by atoms with van der Waals surface area (Å²) in [7, 11) is 0. The molecule has 0 bridgehead atoms. The summed E-state index contributed by atoms with van der Waals surface area (Å²) in [4.78, 5) is 10.6. The molecule has 1 spiro atoms. The Hall–Kier alpha value is -8.14. The second-order valence-electron chi connectivity index (χ2n) is 16.4. The van der Waals surface area contributed by atoms with Gasteiger partial charge in [-0.15, -0.1) is 0 Å². The van der Waals surface area contributed by atoms with Crippen LogP contribution in [-0.2, 0) is 5.41 Å². The van der Waals surface area contributed by atoms with Crippen LogP contribution in [0.5, 0.6) is 0 Å². The maximum absolute atomic E-state index is 5.31. The second-order valence-corrected chi connectivity index (χ2v) is 16.4. The normalized spacial score (nSPS) is 13.0. The minimum absolute atomic E-state index is 0.446. The molecule has 0 atom stereocenters. The Labute approximate surface area is 359 Å². The Balaban J connectivity index is 1.10. The first-order chi connectivity index (χ1) is 30.8. The third kappa shape index (κ3) is 4.82. The number of fused-ring (bicyclic) bond motifs is 14. The molecule has 3 heteroatoms. The van der Waals surface area contributed by atoms with E-state index in [0.717, 1.165) is 44.9 Å². The molecular formula is C59H37N3. The van der Waals surface area contributed by atoms with Crippen LogP contribution in [0, 0.1) is 0 Å². The van der Waals surface area contributed by atoms with Gasteiger partial charge in [-0.05, 0) is 62.7 Å². The van der Waals surface area contributed by atoms with Gasteiger partial charge in [-0.25, -0.2) is 9.97 Å². The quantitative estimate of drug-likeness (QED) is 0.174. The smallest absolute Gasteiger partial charge is 0.161 e. The van der Waals surface area contributed by atoms with Crippen LogP contribution < -0.4 is 0 Å². The molecule has 288 valence electrons. The SMILES string of the molecule is c1ccc(-c2cc(-c3ccccc3)nc(-c3ccccc3-c3ccccc3-n3c4ccccc4c4ccc5c(c43)-c3ccccc3C53c4ccccc4-c4ccccc43)n2)cc1. The minimum atomic E-state index is -0.446. The molecule has 2 heterocycles. The third-order valence-electron chi connectivity index (χ3n) is 13.3. The average Bonchev–Trinajstić information content (AvgIpc) is 3.96. The number of hydrogen-bond donors (Lipinski definition) is 0. The molecule has 9 aromatic carbocycles. The molecule has 11 aromatic rings. The Bertz CT molecular complexity index is 3480. The summed E-state index contributed by atoms with van der Waals surface area (Å²) in [5.74, 6) is 0.688. The summed E-state index contributed by atoms with van der Waals surface area (Å²) < 4.78 is 2.54. The van der Waals surface area contributed by atoms with Crippen molar-refractivity contribution >= 4 is 21.8 Å². The molecule has 0 aliphatic heterocycles. The largest absolute Gasteiger partial charge is 0.308 e. The highest BCUT2D eigenvalue weighted by molar-refractivity contribution is 6.17. The average molecular weight is 788 g/mol. The fraction of sp³-hybridized carbons (Fsp3) is 0.0169. The van der Waals surface area contributed by atoms with Crippen LogP contribution in [0.15, 0.2) is 224 Å². The van der Waals surface area contributed by atoms with Crippen molar-refractivity contribution in [1.82, 2.24) is 14.5 Å². The number of hydrogen-bond acceptors (Lipinski definition) is 2.